The molecular formula is C26H32N4O5S. The fourth-order valence-electron chi connectivity index (χ4n) is 5.00. The average Bonchev–Trinajstić information content (AvgIpc) is 3.40. The molecule has 10 heteroatoms. The van der Waals surface area contributed by atoms with E-state index in [-0.39, 0.29) is 42.4 Å². The zero-order chi connectivity index (χ0) is 26.0. The Morgan fingerprint density at radius 1 is 1.17 bits per heavy atom. The number of Topliss-reactive ketones (excluding diaryl/α,β-unsaturated/α-hetero) is 1. The predicted molar refractivity (Wildman–Crippen MR) is 134 cm³/mol. The molecule has 2 aromatic rings. The molecule has 0 radical (unpaired) electrons. The van der Waals surface area contributed by atoms with E-state index in [9.17, 15) is 22.8 Å². The van der Waals surface area contributed by atoms with Crippen molar-refractivity contribution in [2.75, 3.05) is 13.1 Å². The number of likely N-dealkylation sites (tertiary alicyclic amines) is 1. The summed E-state index contributed by atoms with van der Waals surface area (Å²) >= 11 is 0. The van der Waals surface area contributed by atoms with Crippen molar-refractivity contribution in [2.45, 2.75) is 57.5 Å². The van der Waals surface area contributed by atoms with Crippen LogP contribution in [0.4, 0.5) is 0 Å². The molecule has 3 atom stereocenters. The number of nitrogens with zero attached hydrogens (tertiary/aromatic N) is 3. The van der Waals surface area contributed by atoms with Gasteiger partial charge in [0.15, 0.2) is 5.78 Å². The molecule has 0 saturated carbocycles. The Morgan fingerprint density at radius 3 is 2.53 bits per heavy atom. The van der Waals surface area contributed by atoms with Crippen LogP contribution in [-0.4, -0.2) is 71.4 Å². The van der Waals surface area contributed by atoms with E-state index in [0.29, 0.717) is 24.0 Å². The van der Waals surface area contributed by atoms with Gasteiger partial charge in [-0.1, -0.05) is 37.6 Å². The predicted octanol–water partition coefficient (Wildman–Crippen LogP) is 1.92. The summed E-state index contributed by atoms with van der Waals surface area (Å²) in [7, 11) is -3.78. The molecule has 1 aromatic carbocycles. The summed E-state index contributed by atoms with van der Waals surface area (Å²) in [5.74, 6) is -1.15. The smallest absolute Gasteiger partial charge is 0.251 e. The molecule has 2 amide bonds. The summed E-state index contributed by atoms with van der Waals surface area (Å²) in [4.78, 5) is 44.9. The highest BCUT2D eigenvalue weighted by Crippen LogP contribution is 2.33. The van der Waals surface area contributed by atoms with Crippen LogP contribution in [0.1, 0.15) is 48.2 Å². The fourth-order valence-corrected chi connectivity index (χ4v) is 6.71. The van der Waals surface area contributed by atoms with E-state index in [1.807, 2.05) is 32.9 Å². The molecule has 2 fully saturated rings. The van der Waals surface area contributed by atoms with Crippen LogP contribution >= 0.6 is 0 Å². The van der Waals surface area contributed by atoms with Gasteiger partial charge in [0.25, 0.3) is 5.91 Å². The first-order chi connectivity index (χ1) is 17.1. The largest absolute Gasteiger partial charge is 0.340 e. The van der Waals surface area contributed by atoms with Crippen molar-refractivity contribution >= 4 is 27.6 Å². The Labute approximate surface area is 211 Å². The molecule has 0 spiro atoms. The van der Waals surface area contributed by atoms with Crippen molar-refractivity contribution in [2.24, 2.45) is 5.92 Å². The summed E-state index contributed by atoms with van der Waals surface area (Å²) in [6.45, 7) is 5.84. The van der Waals surface area contributed by atoms with Gasteiger partial charge in [-0.2, -0.15) is 4.31 Å². The zero-order valence-electron chi connectivity index (χ0n) is 20.8. The Morgan fingerprint density at radius 2 is 1.89 bits per heavy atom. The van der Waals surface area contributed by atoms with Crippen molar-refractivity contribution in [1.29, 1.82) is 0 Å². The van der Waals surface area contributed by atoms with Crippen molar-refractivity contribution < 1.29 is 22.8 Å². The number of pyridine rings is 1. The number of aromatic nitrogens is 1. The number of hydrogen-bond acceptors (Lipinski definition) is 6. The van der Waals surface area contributed by atoms with E-state index < -0.39 is 28.1 Å². The minimum Gasteiger partial charge on any atom is -0.340 e. The SMILES string of the molecule is Cc1ccc(C(=O)NC(CC(C)C)C(=O)N2CCC3C2C(=O)CN3S(=O)(=O)Cc2cccnc2)cc1. The summed E-state index contributed by atoms with van der Waals surface area (Å²) in [5, 5.41) is 2.85. The topological polar surface area (TPSA) is 117 Å². The first-order valence-electron chi connectivity index (χ1n) is 12.2. The Balaban J connectivity index is 1.51. The van der Waals surface area contributed by atoms with Crippen LogP contribution in [0.5, 0.6) is 0 Å². The fraction of sp³-hybridized carbons (Fsp3) is 0.462. The van der Waals surface area contributed by atoms with E-state index >= 15 is 0 Å². The van der Waals surface area contributed by atoms with Crippen LogP contribution in [-0.2, 0) is 25.4 Å². The first-order valence-corrected chi connectivity index (χ1v) is 13.8. The number of amides is 2. The van der Waals surface area contributed by atoms with Gasteiger partial charge in [-0.3, -0.25) is 19.4 Å². The van der Waals surface area contributed by atoms with Crippen molar-refractivity contribution in [1.82, 2.24) is 19.5 Å². The zero-order valence-corrected chi connectivity index (χ0v) is 21.6. The van der Waals surface area contributed by atoms with Crippen LogP contribution in [0.25, 0.3) is 0 Å². The number of fused-ring (bicyclic) bond motifs is 1. The molecule has 9 nitrogen and oxygen atoms in total. The minimum atomic E-state index is -3.78. The maximum Gasteiger partial charge on any atom is 0.251 e. The highest BCUT2D eigenvalue weighted by molar-refractivity contribution is 7.88. The molecule has 3 unspecified atom stereocenters. The van der Waals surface area contributed by atoms with Gasteiger partial charge in [-0.15, -0.1) is 0 Å². The molecule has 1 N–H and O–H groups in total. The maximum atomic E-state index is 13.6. The van der Waals surface area contributed by atoms with Gasteiger partial charge in [0.2, 0.25) is 15.9 Å². The van der Waals surface area contributed by atoms with Crippen molar-refractivity contribution in [3.63, 3.8) is 0 Å². The van der Waals surface area contributed by atoms with E-state index in [4.69, 9.17) is 0 Å². The molecule has 1 aromatic heterocycles. The number of carbonyl (C=O) groups excluding carboxylic acids is 3. The lowest BCUT2D eigenvalue weighted by Crippen LogP contribution is -2.53. The number of ketones is 1. The van der Waals surface area contributed by atoms with Gasteiger partial charge in [0, 0.05) is 24.5 Å². The number of rotatable bonds is 8. The van der Waals surface area contributed by atoms with Crippen LogP contribution in [0.2, 0.25) is 0 Å². The van der Waals surface area contributed by atoms with Gasteiger partial charge >= 0.3 is 0 Å². The van der Waals surface area contributed by atoms with E-state index in [1.54, 1.807) is 30.5 Å². The Bertz CT molecular complexity index is 1230. The summed E-state index contributed by atoms with van der Waals surface area (Å²) in [5.41, 5.74) is 2.01. The standard InChI is InChI=1S/C26H32N4O5S/c1-17(2)13-21(28-25(32)20-8-6-18(3)7-9-20)26(33)29-12-10-22-24(29)23(31)15-30(22)36(34,35)16-19-5-4-11-27-14-19/h4-9,11,14,17,21-22,24H,10,12-13,15-16H2,1-3H3,(H,28,32). The molecule has 2 aliphatic rings. The Kier molecular flexibility index (Phi) is 7.56. The van der Waals surface area contributed by atoms with Gasteiger partial charge in [0.1, 0.15) is 12.1 Å². The number of benzene rings is 1. The quantitative estimate of drug-likeness (QED) is 0.578. The normalized spacial score (nSPS) is 21.0. The highest BCUT2D eigenvalue weighted by Gasteiger charge is 2.54. The van der Waals surface area contributed by atoms with E-state index in [2.05, 4.69) is 10.3 Å². The van der Waals surface area contributed by atoms with Gasteiger partial charge in [-0.05, 0) is 49.4 Å². The minimum absolute atomic E-state index is 0.117. The second kappa shape index (κ2) is 10.5. The molecule has 0 bridgehead atoms. The van der Waals surface area contributed by atoms with E-state index in [0.717, 1.165) is 5.56 Å². The number of carbonyl (C=O) groups is 3. The van der Waals surface area contributed by atoms with Crippen LogP contribution in [0, 0.1) is 12.8 Å². The monoisotopic (exact) mass is 512 g/mol. The third kappa shape index (κ3) is 5.49. The lowest BCUT2D eigenvalue weighted by molar-refractivity contribution is -0.138. The summed E-state index contributed by atoms with van der Waals surface area (Å²) in [6.07, 6.45) is 3.83. The molecule has 0 aliphatic carbocycles. The van der Waals surface area contributed by atoms with Gasteiger partial charge in [-0.25, -0.2) is 8.42 Å². The molecule has 2 aliphatic heterocycles. The van der Waals surface area contributed by atoms with Gasteiger partial charge < -0.3 is 10.2 Å². The molecule has 192 valence electrons. The van der Waals surface area contributed by atoms with Crippen molar-refractivity contribution in [3.05, 3.63) is 65.5 Å². The van der Waals surface area contributed by atoms with Gasteiger partial charge in [0.05, 0.1) is 18.3 Å². The molecule has 4 rings (SSSR count). The number of aryl methyl sites for hydroxylation is 1. The second-order valence-corrected chi connectivity index (χ2v) is 11.9. The number of nitrogens with one attached hydrogen (secondary N) is 1. The lowest BCUT2D eigenvalue weighted by atomic mass is 10.0. The lowest BCUT2D eigenvalue weighted by Gasteiger charge is -2.29. The number of hydrogen-bond donors (Lipinski definition) is 1. The summed E-state index contributed by atoms with van der Waals surface area (Å²) < 4.78 is 27.6. The average molecular weight is 513 g/mol. The Hall–Kier alpha value is -3.11. The van der Waals surface area contributed by atoms with Crippen LogP contribution < -0.4 is 5.32 Å². The molecule has 2 saturated heterocycles. The molecule has 3 heterocycles. The third-order valence-electron chi connectivity index (χ3n) is 6.71. The van der Waals surface area contributed by atoms with Crippen LogP contribution in [0.15, 0.2) is 48.8 Å². The second-order valence-electron chi connectivity index (χ2n) is 9.98. The summed E-state index contributed by atoms with van der Waals surface area (Å²) in [6, 6.07) is 8.16. The maximum absolute atomic E-state index is 13.6. The third-order valence-corrected chi connectivity index (χ3v) is 8.53. The van der Waals surface area contributed by atoms with E-state index in [1.165, 1.54) is 15.4 Å². The number of sulfonamides is 1. The first kappa shape index (κ1) is 26.0. The molecule has 36 heavy (non-hydrogen) atoms. The van der Waals surface area contributed by atoms with Crippen molar-refractivity contribution in [3.8, 4) is 0 Å². The molecular weight excluding hydrogens is 480 g/mol. The van der Waals surface area contributed by atoms with Crippen LogP contribution in [0.3, 0.4) is 0 Å². The highest BCUT2D eigenvalue weighted by atomic mass is 32.2.